The van der Waals surface area contributed by atoms with Crippen molar-refractivity contribution in [2.24, 2.45) is 4.99 Å². The Morgan fingerprint density at radius 1 is 1.30 bits per heavy atom. The first-order valence-corrected chi connectivity index (χ1v) is 6.87. The summed E-state index contributed by atoms with van der Waals surface area (Å²) >= 11 is 0. The van der Waals surface area contributed by atoms with Crippen LogP contribution >= 0.6 is 0 Å². The van der Waals surface area contributed by atoms with Gasteiger partial charge < -0.3 is 15.5 Å². The van der Waals surface area contributed by atoms with Gasteiger partial charge in [0.25, 0.3) is 0 Å². The first-order valence-electron chi connectivity index (χ1n) is 6.87. The van der Waals surface area contributed by atoms with Crippen molar-refractivity contribution in [3.05, 3.63) is 35.1 Å². The third-order valence-corrected chi connectivity index (χ3v) is 2.98. The van der Waals surface area contributed by atoms with Gasteiger partial charge in [0.2, 0.25) is 0 Å². The van der Waals surface area contributed by atoms with Crippen LogP contribution in [0.2, 0.25) is 0 Å². The zero-order valence-electron chi connectivity index (χ0n) is 12.8. The van der Waals surface area contributed by atoms with E-state index in [4.69, 9.17) is 0 Å². The standard InChI is InChI=1S/C15H25FN4/c1-12-10-13(6-7-14(12)16)11-19-15(17-2)18-8-5-9-20(3)4/h6-7,10H,5,8-9,11H2,1-4H3,(H2,17,18,19). The van der Waals surface area contributed by atoms with Crippen molar-refractivity contribution in [3.8, 4) is 0 Å². The first-order chi connectivity index (χ1) is 9.52. The number of aliphatic imine (C=N–C) groups is 1. The van der Waals surface area contributed by atoms with Crippen molar-refractivity contribution in [2.45, 2.75) is 19.9 Å². The van der Waals surface area contributed by atoms with Crippen LogP contribution in [-0.2, 0) is 6.54 Å². The average Bonchev–Trinajstić information content (AvgIpc) is 2.41. The maximum atomic E-state index is 13.2. The highest BCUT2D eigenvalue weighted by Crippen LogP contribution is 2.08. The van der Waals surface area contributed by atoms with Crippen LogP contribution in [0.1, 0.15) is 17.5 Å². The fraction of sp³-hybridized carbons (Fsp3) is 0.533. The van der Waals surface area contributed by atoms with Crippen LogP contribution in [0.3, 0.4) is 0 Å². The maximum Gasteiger partial charge on any atom is 0.191 e. The summed E-state index contributed by atoms with van der Waals surface area (Å²) in [5.74, 6) is 0.602. The second kappa shape index (κ2) is 8.53. The van der Waals surface area contributed by atoms with Gasteiger partial charge in [0.1, 0.15) is 5.82 Å². The number of aryl methyl sites for hydroxylation is 1. The van der Waals surface area contributed by atoms with E-state index >= 15 is 0 Å². The van der Waals surface area contributed by atoms with Crippen molar-refractivity contribution in [2.75, 3.05) is 34.2 Å². The molecule has 5 heteroatoms. The van der Waals surface area contributed by atoms with E-state index in [2.05, 4.69) is 34.6 Å². The lowest BCUT2D eigenvalue weighted by atomic mass is 10.1. The number of nitrogens with one attached hydrogen (secondary N) is 2. The molecule has 20 heavy (non-hydrogen) atoms. The van der Waals surface area contributed by atoms with E-state index < -0.39 is 0 Å². The molecule has 0 atom stereocenters. The molecular formula is C15H25FN4. The van der Waals surface area contributed by atoms with Gasteiger partial charge in [0, 0.05) is 20.1 Å². The highest BCUT2D eigenvalue weighted by Gasteiger charge is 2.01. The minimum atomic E-state index is -0.167. The van der Waals surface area contributed by atoms with E-state index in [-0.39, 0.29) is 5.82 Å². The monoisotopic (exact) mass is 280 g/mol. The lowest BCUT2D eigenvalue weighted by Crippen LogP contribution is -2.38. The summed E-state index contributed by atoms with van der Waals surface area (Å²) < 4.78 is 13.2. The second-order valence-electron chi connectivity index (χ2n) is 5.09. The summed E-state index contributed by atoms with van der Waals surface area (Å²) in [4.78, 5) is 6.32. The molecule has 0 aliphatic heterocycles. The number of hydrogen-bond donors (Lipinski definition) is 2. The Hall–Kier alpha value is -1.62. The lowest BCUT2D eigenvalue weighted by molar-refractivity contribution is 0.399. The Balaban J connectivity index is 2.36. The number of benzene rings is 1. The third-order valence-electron chi connectivity index (χ3n) is 2.98. The Morgan fingerprint density at radius 3 is 2.65 bits per heavy atom. The Bertz CT molecular complexity index is 443. The molecule has 0 fully saturated rings. The van der Waals surface area contributed by atoms with E-state index in [1.54, 1.807) is 20.0 Å². The summed E-state index contributed by atoms with van der Waals surface area (Å²) in [5.41, 5.74) is 1.71. The van der Waals surface area contributed by atoms with Gasteiger partial charge in [-0.05, 0) is 51.2 Å². The number of hydrogen-bond acceptors (Lipinski definition) is 2. The molecule has 112 valence electrons. The van der Waals surface area contributed by atoms with E-state index in [0.29, 0.717) is 12.1 Å². The van der Waals surface area contributed by atoms with Crippen LogP contribution in [0.15, 0.2) is 23.2 Å². The van der Waals surface area contributed by atoms with Gasteiger partial charge in [-0.25, -0.2) is 4.39 Å². The summed E-state index contributed by atoms with van der Waals surface area (Å²) in [6.45, 7) is 4.32. The normalized spacial score (nSPS) is 11.8. The van der Waals surface area contributed by atoms with Crippen molar-refractivity contribution < 1.29 is 4.39 Å². The molecule has 0 spiro atoms. The SMILES string of the molecule is CN=C(NCCCN(C)C)NCc1ccc(F)c(C)c1. The molecule has 0 aliphatic rings. The molecule has 0 radical (unpaired) electrons. The second-order valence-corrected chi connectivity index (χ2v) is 5.09. The topological polar surface area (TPSA) is 39.7 Å². The molecule has 0 saturated heterocycles. The predicted molar refractivity (Wildman–Crippen MR) is 82.5 cm³/mol. The molecule has 0 aromatic heterocycles. The molecule has 0 unspecified atom stereocenters. The van der Waals surface area contributed by atoms with Gasteiger partial charge in [0.15, 0.2) is 5.96 Å². The number of rotatable bonds is 6. The molecule has 1 aromatic rings. The molecule has 1 aromatic carbocycles. The quantitative estimate of drug-likeness (QED) is 0.474. The van der Waals surface area contributed by atoms with E-state index in [9.17, 15) is 4.39 Å². The summed E-state index contributed by atoms with van der Waals surface area (Å²) in [7, 11) is 5.87. The maximum absolute atomic E-state index is 13.2. The van der Waals surface area contributed by atoms with Crippen molar-refractivity contribution in [1.82, 2.24) is 15.5 Å². The zero-order chi connectivity index (χ0) is 15.0. The fourth-order valence-electron chi connectivity index (χ4n) is 1.83. The van der Waals surface area contributed by atoms with Gasteiger partial charge in [-0.3, -0.25) is 4.99 Å². The minimum absolute atomic E-state index is 0.167. The van der Waals surface area contributed by atoms with Gasteiger partial charge in [-0.2, -0.15) is 0 Å². The molecular weight excluding hydrogens is 255 g/mol. The largest absolute Gasteiger partial charge is 0.356 e. The summed E-state index contributed by atoms with van der Waals surface area (Å²) in [6.07, 6.45) is 1.06. The van der Waals surface area contributed by atoms with Gasteiger partial charge in [0.05, 0.1) is 0 Å². The van der Waals surface area contributed by atoms with Crippen molar-refractivity contribution >= 4 is 5.96 Å². The Labute approximate surface area is 121 Å². The Kier molecular flexibility index (Phi) is 7.01. The predicted octanol–water partition coefficient (Wildman–Crippen LogP) is 1.75. The number of nitrogens with zero attached hydrogens (tertiary/aromatic N) is 2. The number of halogens is 1. The molecule has 0 amide bonds. The van der Waals surface area contributed by atoms with Crippen LogP contribution in [-0.4, -0.2) is 45.1 Å². The zero-order valence-corrected chi connectivity index (χ0v) is 12.8. The molecule has 0 aliphatic carbocycles. The van der Waals surface area contributed by atoms with E-state index in [1.165, 1.54) is 6.07 Å². The third kappa shape index (κ3) is 6.02. The van der Waals surface area contributed by atoms with Crippen LogP contribution in [0.4, 0.5) is 4.39 Å². The van der Waals surface area contributed by atoms with Crippen molar-refractivity contribution in [1.29, 1.82) is 0 Å². The van der Waals surface area contributed by atoms with E-state index in [1.807, 2.05) is 6.07 Å². The highest BCUT2D eigenvalue weighted by atomic mass is 19.1. The van der Waals surface area contributed by atoms with Gasteiger partial charge in [-0.15, -0.1) is 0 Å². The Morgan fingerprint density at radius 2 is 2.05 bits per heavy atom. The molecule has 0 saturated carbocycles. The summed E-state index contributed by atoms with van der Waals surface area (Å²) in [5, 5.41) is 6.48. The highest BCUT2D eigenvalue weighted by molar-refractivity contribution is 5.79. The van der Waals surface area contributed by atoms with Crippen LogP contribution in [0.5, 0.6) is 0 Å². The lowest BCUT2D eigenvalue weighted by Gasteiger charge is -2.14. The molecule has 0 heterocycles. The van der Waals surface area contributed by atoms with Crippen molar-refractivity contribution in [3.63, 3.8) is 0 Å². The van der Waals surface area contributed by atoms with Crippen LogP contribution in [0, 0.1) is 12.7 Å². The van der Waals surface area contributed by atoms with Crippen LogP contribution < -0.4 is 10.6 Å². The van der Waals surface area contributed by atoms with Crippen LogP contribution in [0.25, 0.3) is 0 Å². The minimum Gasteiger partial charge on any atom is -0.356 e. The molecule has 1 rings (SSSR count). The van der Waals surface area contributed by atoms with Gasteiger partial charge in [-0.1, -0.05) is 12.1 Å². The summed E-state index contributed by atoms with van der Waals surface area (Å²) in [6, 6.07) is 5.13. The van der Waals surface area contributed by atoms with E-state index in [0.717, 1.165) is 31.0 Å². The first kappa shape index (κ1) is 16.4. The van der Waals surface area contributed by atoms with Gasteiger partial charge >= 0.3 is 0 Å². The fourth-order valence-corrected chi connectivity index (χ4v) is 1.83. The number of guanidine groups is 1. The average molecular weight is 280 g/mol. The molecule has 0 bridgehead atoms. The smallest absolute Gasteiger partial charge is 0.191 e. The molecule has 2 N–H and O–H groups in total. The molecule has 4 nitrogen and oxygen atoms in total.